The molecular weight excluding hydrogens is 256 g/mol. The van der Waals surface area contributed by atoms with Crippen molar-refractivity contribution in [3.63, 3.8) is 0 Å². The van der Waals surface area contributed by atoms with Crippen LogP contribution in [0.25, 0.3) is 0 Å². The van der Waals surface area contributed by atoms with Gasteiger partial charge in [0.1, 0.15) is 0 Å². The number of halogens is 1. The highest BCUT2D eigenvalue weighted by Crippen LogP contribution is 2.32. The Kier molecular flexibility index (Phi) is 4.42. The maximum absolute atomic E-state index is 6.16. The lowest BCUT2D eigenvalue weighted by Crippen LogP contribution is -2.35. The summed E-state index contributed by atoms with van der Waals surface area (Å²) >= 11 is 6.16. The second-order valence-electron chi connectivity index (χ2n) is 6.70. The van der Waals surface area contributed by atoms with E-state index in [0.717, 1.165) is 24.0 Å². The van der Waals surface area contributed by atoms with E-state index in [-0.39, 0.29) is 5.54 Å². The van der Waals surface area contributed by atoms with Gasteiger partial charge in [0.05, 0.1) is 0 Å². The summed E-state index contributed by atoms with van der Waals surface area (Å²) in [5.41, 5.74) is 2.71. The minimum absolute atomic E-state index is 0.131. The van der Waals surface area contributed by atoms with Gasteiger partial charge >= 0.3 is 0 Å². The summed E-state index contributed by atoms with van der Waals surface area (Å²) in [6.45, 7) is 8.59. The molecule has 1 aliphatic rings. The van der Waals surface area contributed by atoms with E-state index in [2.05, 4.69) is 50.2 Å². The van der Waals surface area contributed by atoms with Gasteiger partial charge in [0.25, 0.3) is 0 Å². The average molecular weight is 281 g/mol. The molecule has 0 heterocycles. The Hall–Kier alpha value is -0.730. The van der Waals surface area contributed by atoms with Crippen LogP contribution in [0.4, 0.5) is 5.69 Å². The van der Waals surface area contributed by atoms with Crippen molar-refractivity contribution < 1.29 is 0 Å². The van der Waals surface area contributed by atoms with Crippen LogP contribution in [-0.4, -0.2) is 19.1 Å². The first kappa shape index (κ1) is 14.7. The van der Waals surface area contributed by atoms with E-state index in [1.54, 1.807) is 0 Å². The number of anilines is 1. The zero-order valence-corrected chi connectivity index (χ0v) is 13.2. The summed E-state index contributed by atoms with van der Waals surface area (Å²) in [5, 5.41) is 4.37. The number of benzene rings is 1. The van der Waals surface area contributed by atoms with Crippen molar-refractivity contribution >= 4 is 17.3 Å². The Morgan fingerprint density at radius 3 is 2.58 bits per heavy atom. The smallest absolute Gasteiger partial charge is 0.0426 e. The zero-order valence-electron chi connectivity index (χ0n) is 12.5. The molecule has 0 bridgehead atoms. The van der Waals surface area contributed by atoms with Crippen molar-refractivity contribution in [1.82, 2.24) is 5.32 Å². The lowest BCUT2D eigenvalue weighted by Gasteiger charge is -2.26. The molecule has 0 radical (unpaired) electrons. The summed E-state index contributed by atoms with van der Waals surface area (Å²) in [7, 11) is 2.17. The predicted molar refractivity (Wildman–Crippen MR) is 84.0 cm³/mol. The summed E-state index contributed by atoms with van der Waals surface area (Å²) in [5.74, 6) is 0.882. The monoisotopic (exact) mass is 280 g/mol. The number of hydrogen-bond acceptors (Lipinski definition) is 2. The fourth-order valence-electron chi connectivity index (χ4n) is 2.19. The quantitative estimate of drug-likeness (QED) is 0.874. The van der Waals surface area contributed by atoms with E-state index >= 15 is 0 Å². The van der Waals surface area contributed by atoms with Gasteiger partial charge in [-0.15, -0.1) is 0 Å². The minimum atomic E-state index is 0.131. The Morgan fingerprint density at radius 2 is 2.00 bits per heavy atom. The normalized spacial score (nSPS) is 15.6. The van der Waals surface area contributed by atoms with E-state index in [0.29, 0.717) is 0 Å². The van der Waals surface area contributed by atoms with Crippen LogP contribution in [0.5, 0.6) is 0 Å². The van der Waals surface area contributed by atoms with Crippen LogP contribution in [0.2, 0.25) is 5.02 Å². The maximum atomic E-state index is 6.16. The fourth-order valence-corrected chi connectivity index (χ4v) is 2.35. The fraction of sp³-hybridized carbons (Fsp3) is 0.625. The molecule has 1 aliphatic carbocycles. The van der Waals surface area contributed by atoms with E-state index in [4.69, 9.17) is 11.6 Å². The molecule has 0 aliphatic heterocycles. The molecule has 0 spiro atoms. The van der Waals surface area contributed by atoms with Gasteiger partial charge in [-0.25, -0.2) is 0 Å². The molecule has 1 N–H and O–H groups in total. The van der Waals surface area contributed by atoms with Crippen LogP contribution in [-0.2, 0) is 6.54 Å². The number of hydrogen-bond donors (Lipinski definition) is 1. The van der Waals surface area contributed by atoms with Crippen molar-refractivity contribution in [2.24, 2.45) is 5.92 Å². The van der Waals surface area contributed by atoms with Crippen molar-refractivity contribution in [3.8, 4) is 0 Å². The molecule has 1 aromatic carbocycles. The van der Waals surface area contributed by atoms with E-state index in [1.807, 2.05) is 6.07 Å². The molecule has 106 valence electrons. The molecule has 1 fully saturated rings. The zero-order chi connectivity index (χ0) is 14.0. The molecular formula is C16H25ClN2. The molecule has 0 aromatic heterocycles. The number of rotatable bonds is 5. The van der Waals surface area contributed by atoms with Gasteiger partial charge in [0.15, 0.2) is 0 Å². The summed E-state index contributed by atoms with van der Waals surface area (Å²) < 4.78 is 0. The van der Waals surface area contributed by atoms with Crippen LogP contribution in [0.1, 0.15) is 39.2 Å². The van der Waals surface area contributed by atoms with Gasteiger partial charge in [0.2, 0.25) is 0 Å². The molecule has 1 aromatic rings. The number of nitrogens with one attached hydrogen (secondary N) is 1. The second kappa shape index (κ2) is 5.72. The topological polar surface area (TPSA) is 15.3 Å². The summed E-state index contributed by atoms with van der Waals surface area (Å²) in [6.07, 6.45) is 2.75. The largest absolute Gasteiger partial charge is 0.374 e. The SMILES string of the molecule is CN(CC1CC1)c1cc(Cl)ccc1CNC(C)(C)C. The third-order valence-electron chi connectivity index (χ3n) is 3.50. The van der Waals surface area contributed by atoms with Crippen molar-refractivity contribution in [1.29, 1.82) is 0 Å². The van der Waals surface area contributed by atoms with Gasteiger partial charge in [-0.2, -0.15) is 0 Å². The lowest BCUT2D eigenvalue weighted by molar-refractivity contribution is 0.424. The van der Waals surface area contributed by atoms with Gasteiger partial charge in [-0.3, -0.25) is 0 Å². The van der Waals surface area contributed by atoms with Crippen LogP contribution < -0.4 is 10.2 Å². The third kappa shape index (κ3) is 4.70. The predicted octanol–water partition coefficient (Wildman–Crippen LogP) is 4.07. The van der Waals surface area contributed by atoms with Crippen molar-refractivity contribution in [2.45, 2.75) is 45.7 Å². The Morgan fingerprint density at radius 1 is 1.32 bits per heavy atom. The van der Waals surface area contributed by atoms with E-state index in [1.165, 1.54) is 24.1 Å². The maximum Gasteiger partial charge on any atom is 0.0426 e. The molecule has 2 rings (SSSR count). The van der Waals surface area contributed by atoms with Crippen LogP contribution in [0, 0.1) is 5.92 Å². The molecule has 0 amide bonds. The highest BCUT2D eigenvalue weighted by Gasteiger charge is 2.24. The first-order valence-corrected chi connectivity index (χ1v) is 7.47. The van der Waals surface area contributed by atoms with Gasteiger partial charge in [0, 0.05) is 36.4 Å². The first-order valence-electron chi connectivity index (χ1n) is 7.10. The standard InChI is InChI=1S/C16H25ClN2/c1-16(2,3)18-10-13-7-8-14(17)9-15(13)19(4)11-12-5-6-12/h7-9,12,18H,5-6,10-11H2,1-4H3. The molecule has 0 unspecified atom stereocenters. The molecule has 0 atom stereocenters. The van der Waals surface area contributed by atoms with Crippen LogP contribution in [0.3, 0.4) is 0 Å². The number of nitrogens with zero attached hydrogens (tertiary/aromatic N) is 1. The Labute approximate surface area is 122 Å². The summed E-state index contributed by atoms with van der Waals surface area (Å²) in [4.78, 5) is 2.35. The molecule has 3 heteroatoms. The van der Waals surface area contributed by atoms with Gasteiger partial charge in [-0.1, -0.05) is 17.7 Å². The summed E-state index contributed by atoms with van der Waals surface area (Å²) in [6, 6.07) is 6.21. The molecule has 19 heavy (non-hydrogen) atoms. The molecule has 1 saturated carbocycles. The van der Waals surface area contributed by atoms with E-state index in [9.17, 15) is 0 Å². The van der Waals surface area contributed by atoms with Crippen LogP contribution >= 0.6 is 11.6 Å². The lowest BCUT2D eigenvalue weighted by atomic mass is 10.1. The van der Waals surface area contributed by atoms with Crippen molar-refractivity contribution in [2.75, 3.05) is 18.5 Å². The molecule has 2 nitrogen and oxygen atoms in total. The minimum Gasteiger partial charge on any atom is -0.374 e. The second-order valence-corrected chi connectivity index (χ2v) is 7.14. The average Bonchev–Trinajstić information content (AvgIpc) is 3.10. The highest BCUT2D eigenvalue weighted by molar-refractivity contribution is 6.30. The third-order valence-corrected chi connectivity index (χ3v) is 3.73. The first-order chi connectivity index (χ1) is 8.85. The van der Waals surface area contributed by atoms with E-state index < -0.39 is 0 Å². The Balaban J connectivity index is 2.11. The van der Waals surface area contributed by atoms with Gasteiger partial charge < -0.3 is 10.2 Å². The van der Waals surface area contributed by atoms with Crippen molar-refractivity contribution in [3.05, 3.63) is 28.8 Å². The highest BCUT2D eigenvalue weighted by atomic mass is 35.5. The van der Waals surface area contributed by atoms with Crippen LogP contribution in [0.15, 0.2) is 18.2 Å². The Bertz CT molecular complexity index is 433. The van der Waals surface area contributed by atoms with Gasteiger partial charge in [-0.05, 0) is 57.2 Å². The molecule has 0 saturated heterocycles.